The van der Waals surface area contributed by atoms with Crippen LogP contribution >= 0.6 is 0 Å². The third-order valence-electron chi connectivity index (χ3n) is 2.82. The molecule has 2 rings (SSSR count). The third kappa shape index (κ3) is 2.82. The lowest BCUT2D eigenvalue weighted by Crippen LogP contribution is -2.04. The second-order valence-electron chi connectivity index (χ2n) is 4.10. The van der Waals surface area contributed by atoms with Gasteiger partial charge in [0.2, 0.25) is 0 Å². The number of nitrogens with zero attached hydrogens (tertiary/aromatic N) is 1. The van der Waals surface area contributed by atoms with Crippen molar-refractivity contribution in [3.63, 3.8) is 0 Å². The van der Waals surface area contributed by atoms with Gasteiger partial charge in [0.25, 0.3) is 0 Å². The van der Waals surface area contributed by atoms with E-state index in [1.165, 1.54) is 12.3 Å². The van der Waals surface area contributed by atoms with Crippen molar-refractivity contribution in [1.29, 1.82) is 0 Å². The van der Waals surface area contributed by atoms with Crippen molar-refractivity contribution in [2.75, 3.05) is 11.1 Å². The van der Waals surface area contributed by atoms with Crippen molar-refractivity contribution in [3.05, 3.63) is 47.7 Å². The zero-order valence-corrected chi connectivity index (χ0v) is 10.6. The number of nitrogen functional groups attached to an aromatic ring is 1. The number of aromatic carboxylic acids is 1. The monoisotopic (exact) mass is 257 g/mol. The van der Waals surface area contributed by atoms with Gasteiger partial charge in [-0.15, -0.1) is 0 Å². The van der Waals surface area contributed by atoms with E-state index in [1.807, 2.05) is 24.3 Å². The van der Waals surface area contributed by atoms with Crippen LogP contribution < -0.4 is 11.1 Å². The first-order valence-electron chi connectivity index (χ1n) is 5.95. The fourth-order valence-corrected chi connectivity index (χ4v) is 1.78. The molecule has 0 saturated carbocycles. The third-order valence-corrected chi connectivity index (χ3v) is 2.82. The lowest BCUT2D eigenvalue weighted by Gasteiger charge is -2.12. The molecule has 0 aliphatic heterocycles. The molecule has 0 amide bonds. The summed E-state index contributed by atoms with van der Waals surface area (Å²) in [5.41, 5.74) is 8.26. The van der Waals surface area contributed by atoms with Crippen molar-refractivity contribution in [1.82, 2.24) is 4.98 Å². The molecule has 1 aromatic heterocycles. The molecule has 4 N–H and O–H groups in total. The maximum Gasteiger partial charge on any atom is 0.337 e. The minimum absolute atomic E-state index is 0.0758. The normalized spacial score (nSPS) is 10.2. The summed E-state index contributed by atoms with van der Waals surface area (Å²) < 4.78 is 0. The van der Waals surface area contributed by atoms with Gasteiger partial charge in [-0.3, -0.25) is 0 Å². The molecule has 0 atom stereocenters. The number of carboxylic acid groups (broad SMARTS) is 1. The minimum Gasteiger partial charge on any atom is -0.478 e. The first-order chi connectivity index (χ1) is 9.11. The van der Waals surface area contributed by atoms with Crippen LogP contribution in [0.4, 0.5) is 17.2 Å². The van der Waals surface area contributed by atoms with E-state index in [0.29, 0.717) is 11.5 Å². The number of nitrogens with two attached hydrogens (primary N) is 1. The van der Waals surface area contributed by atoms with E-state index in [0.717, 1.165) is 17.7 Å². The highest BCUT2D eigenvalue weighted by Gasteiger charge is 2.09. The maximum absolute atomic E-state index is 10.8. The van der Waals surface area contributed by atoms with Crippen LogP contribution in [0.2, 0.25) is 0 Å². The van der Waals surface area contributed by atoms with Gasteiger partial charge >= 0.3 is 5.97 Å². The molecule has 0 bridgehead atoms. The second-order valence-corrected chi connectivity index (χ2v) is 4.10. The number of nitrogens with one attached hydrogen (secondary N) is 1. The van der Waals surface area contributed by atoms with Crippen molar-refractivity contribution in [3.8, 4) is 0 Å². The lowest BCUT2D eigenvalue weighted by atomic mass is 10.1. The van der Waals surface area contributed by atoms with Crippen molar-refractivity contribution < 1.29 is 9.90 Å². The molecule has 98 valence electrons. The summed E-state index contributed by atoms with van der Waals surface area (Å²) in [6.07, 6.45) is 2.17. The minimum atomic E-state index is -1.04. The number of carbonyl (C=O) groups is 1. The van der Waals surface area contributed by atoms with E-state index in [2.05, 4.69) is 17.2 Å². The highest BCUT2D eigenvalue weighted by Crippen LogP contribution is 2.24. The standard InChI is InChI=1S/C14H15N3O2/c1-2-9-5-3-4-6-12(9)17-13-11(15)7-10(8-16-13)14(18)19/h3-8H,2,15H2,1H3,(H,16,17)(H,18,19). The van der Waals surface area contributed by atoms with Crippen molar-refractivity contribution in [2.24, 2.45) is 0 Å². The number of benzene rings is 1. The van der Waals surface area contributed by atoms with E-state index in [9.17, 15) is 4.79 Å². The number of rotatable bonds is 4. The van der Waals surface area contributed by atoms with E-state index in [4.69, 9.17) is 10.8 Å². The fourth-order valence-electron chi connectivity index (χ4n) is 1.78. The van der Waals surface area contributed by atoms with Crippen LogP contribution in [0.15, 0.2) is 36.5 Å². The Morgan fingerprint density at radius 3 is 2.79 bits per heavy atom. The van der Waals surface area contributed by atoms with Gasteiger partial charge in [0, 0.05) is 11.9 Å². The van der Waals surface area contributed by atoms with Gasteiger partial charge in [0.1, 0.15) is 0 Å². The quantitative estimate of drug-likeness (QED) is 0.783. The Kier molecular flexibility index (Phi) is 3.66. The largest absolute Gasteiger partial charge is 0.478 e. The molecule has 1 aromatic carbocycles. The van der Waals surface area contributed by atoms with Crippen molar-refractivity contribution >= 4 is 23.2 Å². The summed E-state index contributed by atoms with van der Waals surface area (Å²) in [4.78, 5) is 14.9. The molecule has 0 fully saturated rings. The summed E-state index contributed by atoms with van der Waals surface area (Å²) in [6.45, 7) is 2.06. The van der Waals surface area contributed by atoms with Gasteiger partial charge in [0.15, 0.2) is 5.82 Å². The molecule has 2 aromatic rings. The molecule has 5 heteroatoms. The van der Waals surface area contributed by atoms with Gasteiger partial charge < -0.3 is 16.2 Å². The van der Waals surface area contributed by atoms with Gasteiger partial charge in [-0.1, -0.05) is 25.1 Å². The summed E-state index contributed by atoms with van der Waals surface area (Å²) in [6, 6.07) is 9.24. The average Bonchev–Trinajstić information content (AvgIpc) is 2.41. The smallest absolute Gasteiger partial charge is 0.337 e. The number of anilines is 3. The Morgan fingerprint density at radius 2 is 2.16 bits per heavy atom. The Balaban J connectivity index is 2.31. The van der Waals surface area contributed by atoms with Gasteiger partial charge in [-0.05, 0) is 24.1 Å². The van der Waals surface area contributed by atoms with Gasteiger partial charge in [-0.2, -0.15) is 0 Å². The molecule has 0 aliphatic rings. The molecule has 0 saturated heterocycles. The highest BCUT2D eigenvalue weighted by atomic mass is 16.4. The Hall–Kier alpha value is -2.56. The van der Waals surface area contributed by atoms with Crippen molar-refractivity contribution in [2.45, 2.75) is 13.3 Å². The number of para-hydroxylation sites is 1. The highest BCUT2D eigenvalue weighted by molar-refractivity contribution is 5.89. The molecular weight excluding hydrogens is 242 g/mol. The number of carboxylic acids is 1. The van der Waals surface area contributed by atoms with E-state index < -0.39 is 5.97 Å². The number of pyridine rings is 1. The SMILES string of the molecule is CCc1ccccc1Nc1ncc(C(=O)O)cc1N. The summed E-state index contributed by atoms with van der Waals surface area (Å²) >= 11 is 0. The Morgan fingerprint density at radius 1 is 1.42 bits per heavy atom. The van der Waals surface area contributed by atoms with Crippen LogP contribution in [0, 0.1) is 0 Å². The predicted octanol–water partition coefficient (Wildman–Crippen LogP) is 2.67. The number of hydrogen-bond acceptors (Lipinski definition) is 4. The molecule has 0 radical (unpaired) electrons. The second kappa shape index (κ2) is 5.39. The number of aromatic nitrogens is 1. The lowest BCUT2D eigenvalue weighted by molar-refractivity contribution is 0.0696. The fraction of sp³-hybridized carbons (Fsp3) is 0.143. The summed E-state index contributed by atoms with van der Waals surface area (Å²) in [5, 5.41) is 12.0. The summed E-state index contributed by atoms with van der Waals surface area (Å²) in [5.74, 6) is -0.578. The summed E-state index contributed by atoms with van der Waals surface area (Å²) in [7, 11) is 0. The molecule has 1 heterocycles. The van der Waals surface area contributed by atoms with E-state index >= 15 is 0 Å². The first-order valence-corrected chi connectivity index (χ1v) is 5.95. The van der Waals surface area contributed by atoms with E-state index in [1.54, 1.807) is 0 Å². The molecule has 0 aliphatic carbocycles. The van der Waals surface area contributed by atoms with Crippen LogP contribution in [-0.4, -0.2) is 16.1 Å². The van der Waals surface area contributed by atoms with Gasteiger partial charge in [0.05, 0.1) is 11.3 Å². The van der Waals surface area contributed by atoms with Crippen LogP contribution in [0.3, 0.4) is 0 Å². The van der Waals surface area contributed by atoms with Crippen LogP contribution in [0.5, 0.6) is 0 Å². The predicted molar refractivity (Wildman–Crippen MR) is 74.7 cm³/mol. The number of aryl methyl sites for hydroxylation is 1. The topological polar surface area (TPSA) is 88.2 Å². The van der Waals surface area contributed by atoms with E-state index in [-0.39, 0.29) is 5.56 Å². The Labute approximate surface area is 111 Å². The molecule has 0 spiro atoms. The molecule has 0 unspecified atom stereocenters. The first kappa shape index (κ1) is 12.9. The van der Waals surface area contributed by atoms with Crippen LogP contribution in [0.25, 0.3) is 0 Å². The van der Waals surface area contributed by atoms with Gasteiger partial charge in [-0.25, -0.2) is 9.78 Å². The zero-order chi connectivity index (χ0) is 13.8. The Bertz CT molecular complexity index is 611. The maximum atomic E-state index is 10.8. The number of hydrogen-bond donors (Lipinski definition) is 3. The van der Waals surface area contributed by atoms with Crippen LogP contribution in [0.1, 0.15) is 22.8 Å². The zero-order valence-electron chi connectivity index (χ0n) is 10.6. The molecule has 5 nitrogen and oxygen atoms in total. The molecule has 19 heavy (non-hydrogen) atoms. The molecular formula is C14H15N3O2. The average molecular weight is 257 g/mol. The van der Waals surface area contributed by atoms with Crippen LogP contribution in [-0.2, 0) is 6.42 Å².